The number of amides is 1. The number of methoxy groups -OCH3 is 1. The van der Waals surface area contributed by atoms with Crippen molar-refractivity contribution in [3.63, 3.8) is 0 Å². The Bertz CT molecular complexity index is 1080. The Morgan fingerprint density at radius 3 is 2.71 bits per heavy atom. The van der Waals surface area contributed by atoms with Crippen LogP contribution >= 0.6 is 11.6 Å². The van der Waals surface area contributed by atoms with Gasteiger partial charge in [-0.2, -0.15) is 0 Å². The number of aromatic nitrogens is 1. The zero-order valence-corrected chi connectivity index (χ0v) is 16.2. The highest BCUT2D eigenvalue weighted by atomic mass is 35.5. The highest BCUT2D eigenvalue weighted by Crippen LogP contribution is 2.23. The minimum atomic E-state index is -0.397. The first-order valence-corrected chi connectivity index (χ1v) is 8.88. The lowest BCUT2D eigenvalue weighted by molar-refractivity contribution is 0.0964. The number of fused-ring (bicyclic) bond motifs is 1. The summed E-state index contributed by atoms with van der Waals surface area (Å²) in [5, 5.41) is 15.1. The number of halogens is 1. The van der Waals surface area contributed by atoms with E-state index in [-0.39, 0.29) is 5.71 Å². The molecule has 0 aliphatic carbocycles. The summed E-state index contributed by atoms with van der Waals surface area (Å²) >= 11 is 6.28. The Morgan fingerprint density at radius 2 is 1.96 bits per heavy atom. The van der Waals surface area contributed by atoms with Crippen molar-refractivity contribution in [2.45, 2.75) is 0 Å². The van der Waals surface area contributed by atoms with E-state index in [2.05, 4.69) is 15.6 Å². The average Bonchev–Trinajstić information content (AvgIpc) is 2.72. The lowest BCUT2D eigenvalue weighted by Gasteiger charge is -2.12. The topological polar surface area (TPSA) is 87.1 Å². The van der Waals surface area contributed by atoms with Gasteiger partial charge < -0.3 is 15.4 Å². The molecule has 3 rings (SSSR count). The molecule has 0 unspecified atom stereocenters. The van der Waals surface area contributed by atoms with Crippen LogP contribution in [0, 0.1) is 5.41 Å². The summed E-state index contributed by atoms with van der Waals surface area (Å²) in [6, 6.07) is 14.2. The molecule has 2 aromatic carbocycles. The summed E-state index contributed by atoms with van der Waals surface area (Å²) in [4.78, 5) is 17.0. The van der Waals surface area contributed by atoms with Gasteiger partial charge in [0.2, 0.25) is 0 Å². The van der Waals surface area contributed by atoms with Crippen LogP contribution in [-0.2, 0) is 0 Å². The van der Waals surface area contributed by atoms with Crippen LogP contribution in [0.4, 0.5) is 0 Å². The molecule has 0 saturated carbocycles. The number of nitrogens with one attached hydrogen (secondary N) is 3. The monoisotopic (exact) mass is 394 g/mol. The molecule has 0 aliphatic heterocycles. The van der Waals surface area contributed by atoms with Gasteiger partial charge in [0.15, 0.2) is 0 Å². The molecule has 142 valence electrons. The summed E-state index contributed by atoms with van der Waals surface area (Å²) in [6.45, 7) is 0. The molecule has 3 aromatic rings. The van der Waals surface area contributed by atoms with Gasteiger partial charge in [-0.3, -0.25) is 15.2 Å². The van der Waals surface area contributed by atoms with Gasteiger partial charge in [-0.1, -0.05) is 29.8 Å². The minimum Gasteiger partial charge on any atom is -0.496 e. The lowest BCUT2D eigenvalue weighted by atomic mass is 10.1. The van der Waals surface area contributed by atoms with Gasteiger partial charge in [0.1, 0.15) is 11.6 Å². The van der Waals surface area contributed by atoms with Gasteiger partial charge in [-0.15, -0.1) is 0 Å². The maximum Gasteiger partial charge on any atom is 0.258 e. The van der Waals surface area contributed by atoms with E-state index in [1.165, 1.54) is 6.08 Å². The van der Waals surface area contributed by atoms with Crippen LogP contribution in [0.15, 0.2) is 66.6 Å². The van der Waals surface area contributed by atoms with Crippen LogP contribution in [0.5, 0.6) is 5.75 Å². The predicted octanol–water partition coefficient (Wildman–Crippen LogP) is 3.76. The summed E-state index contributed by atoms with van der Waals surface area (Å²) in [6.07, 6.45) is 3.17. The molecule has 0 fully saturated rings. The van der Waals surface area contributed by atoms with Gasteiger partial charge in [-0.05, 0) is 30.3 Å². The predicted molar refractivity (Wildman–Crippen MR) is 111 cm³/mol. The second-order valence-corrected chi connectivity index (χ2v) is 6.31. The molecule has 0 radical (unpaired) electrons. The van der Waals surface area contributed by atoms with Crippen molar-refractivity contribution in [2.75, 3.05) is 14.2 Å². The minimum absolute atomic E-state index is 0.188. The zero-order valence-electron chi connectivity index (χ0n) is 15.4. The van der Waals surface area contributed by atoms with E-state index < -0.39 is 5.91 Å². The quantitative estimate of drug-likeness (QED) is 0.555. The maximum absolute atomic E-state index is 12.7. The number of hydrogen-bond donors (Lipinski definition) is 3. The molecular weight excluding hydrogens is 376 g/mol. The molecule has 3 N–H and O–H groups in total. The molecular formula is C21H19ClN4O2. The van der Waals surface area contributed by atoms with E-state index in [1.807, 2.05) is 24.3 Å². The van der Waals surface area contributed by atoms with Crippen LogP contribution < -0.4 is 15.4 Å². The van der Waals surface area contributed by atoms with E-state index in [0.29, 0.717) is 33.2 Å². The summed E-state index contributed by atoms with van der Waals surface area (Å²) in [7, 11) is 3.21. The highest BCUT2D eigenvalue weighted by Gasteiger charge is 2.14. The highest BCUT2D eigenvalue weighted by molar-refractivity contribution is 6.34. The fourth-order valence-corrected chi connectivity index (χ4v) is 2.97. The molecule has 1 aromatic heterocycles. The van der Waals surface area contributed by atoms with Gasteiger partial charge in [0.25, 0.3) is 5.91 Å². The van der Waals surface area contributed by atoms with Gasteiger partial charge >= 0.3 is 0 Å². The molecule has 1 amide bonds. The third kappa shape index (κ3) is 4.13. The number of rotatable bonds is 6. The van der Waals surface area contributed by atoms with Gasteiger partial charge in [0, 0.05) is 30.3 Å². The maximum atomic E-state index is 12.7. The van der Waals surface area contributed by atoms with Crippen LogP contribution in [0.25, 0.3) is 10.9 Å². The Labute approximate surface area is 167 Å². The number of para-hydroxylation sites is 1. The number of hydrogen-bond acceptors (Lipinski definition) is 5. The van der Waals surface area contributed by atoms with Crippen LogP contribution in [0.1, 0.15) is 15.9 Å². The second kappa shape index (κ2) is 8.54. The number of pyridine rings is 1. The van der Waals surface area contributed by atoms with E-state index in [4.69, 9.17) is 21.7 Å². The lowest BCUT2D eigenvalue weighted by Crippen LogP contribution is -2.30. The Balaban J connectivity index is 1.86. The number of allylic oxidation sites excluding steroid dienone is 1. The van der Waals surface area contributed by atoms with E-state index in [9.17, 15) is 4.79 Å². The zero-order chi connectivity index (χ0) is 20.1. The van der Waals surface area contributed by atoms with Crippen LogP contribution in [0.2, 0.25) is 5.02 Å². The van der Waals surface area contributed by atoms with Crippen molar-refractivity contribution in [1.82, 2.24) is 15.6 Å². The molecule has 6 nitrogen and oxygen atoms in total. The first-order chi connectivity index (χ1) is 13.5. The molecule has 0 atom stereocenters. The Kier molecular flexibility index (Phi) is 5.91. The fraction of sp³-hybridized carbons (Fsp3) is 0.0952. The Morgan fingerprint density at radius 1 is 1.18 bits per heavy atom. The molecule has 0 aliphatic rings. The first kappa shape index (κ1) is 19.4. The number of benzene rings is 2. The standard InChI is InChI=1S/C21H19ClN4O2/c1-24-20(12-17(23)14-7-3-4-8-19(14)28-2)26-21(27)15-11-18-13(10-16(15)22)6-5-9-25-18/h3-12,23-24H,1-2H3,(H,26,27)/b20-12+,23-17?. The van der Waals surface area contributed by atoms with E-state index in [1.54, 1.807) is 44.6 Å². The van der Waals surface area contributed by atoms with Gasteiger partial charge in [0.05, 0.1) is 28.9 Å². The van der Waals surface area contributed by atoms with Crippen molar-refractivity contribution in [3.8, 4) is 5.75 Å². The van der Waals surface area contributed by atoms with Crippen molar-refractivity contribution < 1.29 is 9.53 Å². The molecule has 0 spiro atoms. The van der Waals surface area contributed by atoms with Crippen molar-refractivity contribution >= 4 is 34.1 Å². The van der Waals surface area contributed by atoms with E-state index in [0.717, 1.165) is 5.39 Å². The van der Waals surface area contributed by atoms with Crippen molar-refractivity contribution in [2.24, 2.45) is 0 Å². The smallest absolute Gasteiger partial charge is 0.258 e. The first-order valence-electron chi connectivity index (χ1n) is 8.50. The molecule has 1 heterocycles. The number of ether oxygens (including phenoxy) is 1. The molecule has 0 bridgehead atoms. The largest absolute Gasteiger partial charge is 0.496 e. The molecule has 7 heteroatoms. The third-order valence-corrected chi connectivity index (χ3v) is 4.45. The van der Waals surface area contributed by atoms with Crippen molar-refractivity contribution in [3.05, 3.63) is 82.8 Å². The SMILES string of the molecule is CN/C(=C\C(=N)c1ccccc1OC)NC(=O)c1cc2ncccc2cc1Cl. The number of carbonyl (C=O) groups is 1. The second-order valence-electron chi connectivity index (χ2n) is 5.90. The molecule has 0 saturated heterocycles. The fourth-order valence-electron chi connectivity index (χ4n) is 2.72. The van der Waals surface area contributed by atoms with Crippen LogP contribution in [-0.4, -0.2) is 30.8 Å². The third-order valence-electron chi connectivity index (χ3n) is 4.14. The number of carbonyl (C=O) groups excluding carboxylic acids is 1. The van der Waals surface area contributed by atoms with Crippen LogP contribution in [0.3, 0.4) is 0 Å². The summed E-state index contributed by atoms with van der Waals surface area (Å²) in [5.41, 5.74) is 1.78. The normalized spacial score (nSPS) is 11.2. The number of nitrogens with zero attached hydrogens (tertiary/aromatic N) is 1. The average molecular weight is 395 g/mol. The van der Waals surface area contributed by atoms with Gasteiger partial charge in [-0.25, -0.2) is 0 Å². The molecule has 28 heavy (non-hydrogen) atoms. The van der Waals surface area contributed by atoms with Crippen molar-refractivity contribution in [1.29, 1.82) is 5.41 Å². The Hall–Kier alpha value is -3.38. The van der Waals surface area contributed by atoms with E-state index >= 15 is 0 Å². The summed E-state index contributed by atoms with van der Waals surface area (Å²) < 4.78 is 5.29. The summed E-state index contributed by atoms with van der Waals surface area (Å²) in [5.74, 6) is 0.540.